The van der Waals surface area contributed by atoms with E-state index in [2.05, 4.69) is 38.4 Å². The molecule has 1 saturated heterocycles. The Morgan fingerprint density at radius 1 is 1.12 bits per heavy atom. The highest BCUT2D eigenvalue weighted by atomic mass is 16.7. The van der Waals surface area contributed by atoms with Gasteiger partial charge >= 0.3 is 0 Å². The molecule has 0 aromatic heterocycles. The maximum atomic E-state index is 6.72. The van der Waals surface area contributed by atoms with Crippen LogP contribution in [0.3, 0.4) is 0 Å². The van der Waals surface area contributed by atoms with Crippen LogP contribution in [-0.2, 0) is 14.2 Å². The molecule has 5 rings (SSSR count). The zero-order chi connectivity index (χ0) is 22.3. The molecule has 0 spiro atoms. The van der Waals surface area contributed by atoms with E-state index in [1.54, 1.807) is 0 Å². The van der Waals surface area contributed by atoms with Crippen LogP contribution in [0.4, 0.5) is 0 Å². The third-order valence-corrected chi connectivity index (χ3v) is 9.74. The van der Waals surface area contributed by atoms with Crippen molar-refractivity contribution < 1.29 is 14.2 Å². The molecule has 5 aliphatic rings. The minimum absolute atomic E-state index is 0.0402. The molecule has 6 atom stereocenters. The number of dihydropyridines is 1. The molecule has 4 heteroatoms. The summed E-state index contributed by atoms with van der Waals surface area (Å²) in [5, 5.41) is 0. The van der Waals surface area contributed by atoms with Crippen LogP contribution in [0.25, 0.3) is 0 Å². The SMILES string of the molecule is C=C1CCC2[C@]3(C)CO[C@@H](C4CCCC4)OC3CC[C@@]2(C)[C@@H]1CCOC1=CC(C)=NCC1. The van der Waals surface area contributed by atoms with E-state index in [1.807, 2.05) is 0 Å². The Morgan fingerprint density at radius 2 is 1.94 bits per heavy atom. The van der Waals surface area contributed by atoms with Crippen molar-refractivity contribution in [3.05, 3.63) is 24.0 Å². The average molecular weight is 442 g/mol. The van der Waals surface area contributed by atoms with Crippen molar-refractivity contribution in [1.82, 2.24) is 0 Å². The second kappa shape index (κ2) is 8.91. The second-order valence-electron chi connectivity index (χ2n) is 11.7. The van der Waals surface area contributed by atoms with Crippen LogP contribution in [0.5, 0.6) is 0 Å². The van der Waals surface area contributed by atoms with Gasteiger partial charge in [-0.25, -0.2) is 0 Å². The zero-order valence-electron chi connectivity index (χ0n) is 20.5. The fraction of sp³-hybridized carbons (Fsp3) is 0.821. The van der Waals surface area contributed by atoms with Crippen LogP contribution in [-0.4, -0.2) is 37.9 Å². The Morgan fingerprint density at radius 3 is 2.72 bits per heavy atom. The van der Waals surface area contributed by atoms with Gasteiger partial charge in [-0.05, 0) is 75.2 Å². The summed E-state index contributed by atoms with van der Waals surface area (Å²) in [7, 11) is 0. The van der Waals surface area contributed by atoms with Crippen LogP contribution in [0.15, 0.2) is 29.0 Å². The molecule has 3 saturated carbocycles. The van der Waals surface area contributed by atoms with Crippen LogP contribution in [0, 0.1) is 28.6 Å². The quantitative estimate of drug-likeness (QED) is 0.460. The topological polar surface area (TPSA) is 40.0 Å². The van der Waals surface area contributed by atoms with E-state index >= 15 is 0 Å². The van der Waals surface area contributed by atoms with Crippen molar-refractivity contribution >= 4 is 5.71 Å². The monoisotopic (exact) mass is 441 g/mol. The Labute approximate surface area is 194 Å². The molecule has 4 nitrogen and oxygen atoms in total. The van der Waals surface area contributed by atoms with Gasteiger partial charge in [0.2, 0.25) is 0 Å². The summed E-state index contributed by atoms with van der Waals surface area (Å²) in [6, 6.07) is 0. The summed E-state index contributed by atoms with van der Waals surface area (Å²) in [5.41, 5.74) is 2.89. The van der Waals surface area contributed by atoms with E-state index in [0.29, 0.717) is 23.9 Å². The van der Waals surface area contributed by atoms with Gasteiger partial charge in [-0.1, -0.05) is 38.8 Å². The number of aliphatic imine (C=N–C) groups is 1. The van der Waals surface area contributed by atoms with E-state index in [1.165, 1.54) is 44.1 Å². The molecular weight excluding hydrogens is 398 g/mol. The first-order valence-electron chi connectivity index (χ1n) is 13.2. The maximum Gasteiger partial charge on any atom is 0.160 e. The number of rotatable bonds is 5. The standard InChI is InChI=1S/C28H43NO3/c1-19-9-10-24-27(3,23(19)13-16-30-22-12-15-29-20(2)17-22)14-11-25-28(24,4)18-31-26(32-25)21-7-5-6-8-21/h17,21,23-26H,1,5-16,18H2,2-4H3/t23-,24?,25?,26-,27+,28+/m1/s1. The third kappa shape index (κ3) is 4.00. The van der Waals surface area contributed by atoms with Gasteiger partial charge in [0.25, 0.3) is 0 Å². The first-order valence-corrected chi connectivity index (χ1v) is 13.2. The molecule has 4 fully saturated rings. The van der Waals surface area contributed by atoms with Gasteiger partial charge in [0.05, 0.1) is 25.1 Å². The zero-order valence-corrected chi connectivity index (χ0v) is 20.5. The van der Waals surface area contributed by atoms with E-state index in [4.69, 9.17) is 14.2 Å². The highest BCUT2D eigenvalue weighted by molar-refractivity contribution is 5.93. The van der Waals surface area contributed by atoms with Gasteiger partial charge in [0, 0.05) is 30.0 Å². The van der Waals surface area contributed by atoms with E-state index in [9.17, 15) is 0 Å². The average Bonchev–Trinajstić information content (AvgIpc) is 3.30. The van der Waals surface area contributed by atoms with Gasteiger partial charge in [-0.3, -0.25) is 4.99 Å². The van der Waals surface area contributed by atoms with Crippen molar-refractivity contribution in [2.24, 2.45) is 33.6 Å². The van der Waals surface area contributed by atoms with Gasteiger partial charge in [0.1, 0.15) is 0 Å². The fourth-order valence-corrected chi connectivity index (χ4v) is 7.98. The molecule has 0 aromatic carbocycles. The lowest BCUT2D eigenvalue weighted by Gasteiger charge is -2.63. The van der Waals surface area contributed by atoms with Crippen molar-refractivity contribution in [2.75, 3.05) is 19.8 Å². The summed E-state index contributed by atoms with van der Waals surface area (Å²) >= 11 is 0. The first-order chi connectivity index (χ1) is 15.4. The molecule has 3 aliphatic carbocycles. The predicted molar refractivity (Wildman–Crippen MR) is 129 cm³/mol. The lowest BCUT2D eigenvalue weighted by molar-refractivity contribution is -0.316. The molecule has 0 amide bonds. The largest absolute Gasteiger partial charge is 0.498 e. The normalized spacial score (nSPS) is 42.7. The highest BCUT2D eigenvalue weighted by Gasteiger charge is 2.60. The van der Waals surface area contributed by atoms with Crippen molar-refractivity contribution in [2.45, 2.75) is 97.4 Å². The molecule has 2 aliphatic heterocycles. The predicted octanol–water partition coefficient (Wildman–Crippen LogP) is 6.46. The van der Waals surface area contributed by atoms with Crippen LogP contribution in [0.2, 0.25) is 0 Å². The van der Waals surface area contributed by atoms with Gasteiger partial charge in [-0.2, -0.15) is 0 Å². The molecular formula is C28H43NO3. The highest BCUT2D eigenvalue weighted by Crippen LogP contribution is 2.63. The summed E-state index contributed by atoms with van der Waals surface area (Å²) < 4.78 is 19.4. The third-order valence-electron chi connectivity index (χ3n) is 9.74. The minimum atomic E-state index is 0.0402. The molecule has 0 bridgehead atoms. The number of allylic oxidation sites excluding steroid dienone is 2. The Kier molecular flexibility index (Phi) is 6.30. The minimum Gasteiger partial charge on any atom is -0.498 e. The molecule has 0 aromatic rings. The maximum absolute atomic E-state index is 6.72. The summed E-state index contributed by atoms with van der Waals surface area (Å²) in [6.45, 7) is 14.1. The fourth-order valence-electron chi connectivity index (χ4n) is 7.98. The molecule has 0 radical (unpaired) electrons. The van der Waals surface area contributed by atoms with Gasteiger partial charge < -0.3 is 14.2 Å². The second-order valence-corrected chi connectivity index (χ2v) is 11.7. The van der Waals surface area contributed by atoms with E-state index in [-0.39, 0.29) is 17.1 Å². The lowest BCUT2D eigenvalue weighted by Crippen LogP contribution is -2.62. The smallest absolute Gasteiger partial charge is 0.160 e. The molecule has 178 valence electrons. The Hall–Kier alpha value is -1.13. The Balaban J connectivity index is 1.27. The lowest BCUT2D eigenvalue weighted by atomic mass is 9.46. The number of fused-ring (bicyclic) bond motifs is 3. The number of ether oxygens (including phenoxy) is 3. The van der Waals surface area contributed by atoms with Crippen LogP contribution >= 0.6 is 0 Å². The van der Waals surface area contributed by atoms with Crippen LogP contribution in [0.1, 0.15) is 85.0 Å². The number of nitrogens with zero attached hydrogens (tertiary/aromatic N) is 1. The summed E-state index contributed by atoms with van der Waals surface area (Å²) in [4.78, 5) is 4.45. The van der Waals surface area contributed by atoms with E-state index < -0.39 is 0 Å². The van der Waals surface area contributed by atoms with Crippen LogP contribution < -0.4 is 0 Å². The number of hydrogen-bond acceptors (Lipinski definition) is 4. The molecule has 32 heavy (non-hydrogen) atoms. The van der Waals surface area contributed by atoms with Gasteiger partial charge in [0.15, 0.2) is 6.29 Å². The summed E-state index contributed by atoms with van der Waals surface area (Å²) in [6.07, 6.45) is 14.5. The molecule has 2 heterocycles. The number of hydrogen-bond donors (Lipinski definition) is 0. The molecule has 0 N–H and O–H groups in total. The van der Waals surface area contributed by atoms with Crippen molar-refractivity contribution in [3.8, 4) is 0 Å². The van der Waals surface area contributed by atoms with Crippen molar-refractivity contribution in [1.29, 1.82) is 0 Å². The first kappa shape index (κ1) is 22.7. The molecule has 2 unspecified atom stereocenters. The summed E-state index contributed by atoms with van der Waals surface area (Å²) in [5.74, 6) is 2.86. The van der Waals surface area contributed by atoms with Crippen molar-refractivity contribution in [3.63, 3.8) is 0 Å². The van der Waals surface area contributed by atoms with Gasteiger partial charge in [-0.15, -0.1) is 0 Å². The Bertz CT molecular complexity index is 782. The van der Waals surface area contributed by atoms with E-state index in [0.717, 1.165) is 56.9 Å².